The van der Waals surface area contributed by atoms with E-state index in [0.29, 0.717) is 10.6 Å². The van der Waals surface area contributed by atoms with Crippen LogP contribution in [-0.4, -0.2) is 20.7 Å². The van der Waals surface area contributed by atoms with Crippen LogP contribution in [0.15, 0.2) is 41.8 Å². The van der Waals surface area contributed by atoms with Crippen molar-refractivity contribution in [3.63, 3.8) is 0 Å². The highest BCUT2D eigenvalue weighted by atomic mass is 32.1. The summed E-state index contributed by atoms with van der Waals surface area (Å²) >= 11 is 6.85. The number of carbonyl (C=O) groups is 1. The van der Waals surface area contributed by atoms with Gasteiger partial charge in [-0.25, -0.2) is 0 Å². The summed E-state index contributed by atoms with van der Waals surface area (Å²) in [6.45, 7) is 4.26. The molecule has 25 heavy (non-hydrogen) atoms. The van der Waals surface area contributed by atoms with Gasteiger partial charge in [0.2, 0.25) is 5.91 Å². The molecule has 3 aromatic rings. The third-order valence-corrected chi connectivity index (χ3v) is 5.20. The molecule has 1 amide bonds. The normalized spacial score (nSPS) is 12.1. The predicted molar refractivity (Wildman–Crippen MR) is 103 cm³/mol. The Morgan fingerprint density at radius 3 is 2.76 bits per heavy atom. The SMILES string of the molecule is CCC(NC(=O)Cn1c(-c2cccs2)n[nH]c1=S)c1ccc(C)cc1. The summed E-state index contributed by atoms with van der Waals surface area (Å²) in [6.07, 6.45) is 0.823. The van der Waals surface area contributed by atoms with Gasteiger partial charge in [-0.3, -0.25) is 14.5 Å². The van der Waals surface area contributed by atoms with E-state index in [1.54, 1.807) is 15.9 Å². The Labute approximate surface area is 155 Å². The Morgan fingerprint density at radius 2 is 2.12 bits per heavy atom. The lowest BCUT2D eigenvalue weighted by atomic mass is 10.0. The molecule has 130 valence electrons. The van der Waals surface area contributed by atoms with Crippen molar-refractivity contribution in [1.82, 2.24) is 20.1 Å². The molecule has 0 saturated heterocycles. The van der Waals surface area contributed by atoms with Crippen LogP contribution in [0.3, 0.4) is 0 Å². The molecule has 7 heteroatoms. The zero-order chi connectivity index (χ0) is 17.8. The van der Waals surface area contributed by atoms with Crippen molar-refractivity contribution in [2.24, 2.45) is 0 Å². The summed E-state index contributed by atoms with van der Waals surface area (Å²) < 4.78 is 2.18. The summed E-state index contributed by atoms with van der Waals surface area (Å²) in [5, 5.41) is 12.1. The van der Waals surface area contributed by atoms with Crippen molar-refractivity contribution in [3.05, 3.63) is 57.7 Å². The van der Waals surface area contributed by atoms with Crippen LogP contribution >= 0.6 is 23.6 Å². The van der Waals surface area contributed by atoms with Gasteiger partial charge in [-0.05, 0) is 42.6 Å². The first-order valence-corrected chi connectivity index (χ1v) is 9.42. The zero-order valence-electron chi connectivity index (χ0n) is 14.2. The molecule has 0 aliphatic heterocycles. The van der Waals surface area contributed by atoms with Crippen molar-refractivity contribution in [3.8, 4) is 10.7 Å². The van der Waals surface area contributed by atoms with E-state index in [0.717, 1.165) is 16.9 Å². The van der Waals surface area contributed by atoms with E-state index in [4.69, 9.17) is 12.2 Å². The first-order chi connectivity index (χ1) is 12.1. The number of aromatic nitrogens is 3. The lowest BCUT2D eigenvalue weighted by Crippen LogP contribution is -2.31. The Balaban J connectivity index is 1.75. The maximum Gasteiger partial charge on any atom is 0.240 e. The number of hydrogen-bond acceptors (Lipinski definition) is 4. The number of benzene rings is 1. The number of H-pyrrole nitrogens is 1. The molecule has 3 rings (SSSR count). The fourth-order valence-corrected chi connectivity index (χ4v) is 3.58. The Bertz CT molecular complexity index is 894. The monoisotopic (exact) mass is 372 g/mol. The van der Waals surface area contributed by atoms with Crippen molar-refractivity contribution in [2.45, 2.75) is 32.9 Å². The number of nitrogens with one attached hydrogen (secondary N) is 2. The molecule has 1 unspecified atom stereocenters. The van der Waals surface area contributed by atoms with E-state index in [-0.39, 0.29) is 18.5 Å². The van der Waals surface area contributed by atoms with E-state index in [9.17, 15) is 4.79 Å². The number of amides is 1. The second kappa shape index (κ2) is 7.76. The maximum absolute atomic E-state index is 12.6. The third-order valence-electron chi connectivity index (χ3n) is 4.02. The fraction of sp³-hybridized carbons (Fsp3) is 0.278. The quantitative estimate of drug-likeness (QED) is 0.636. The van der Waals surface area contributed by atoms with Crippen molar-refractivity contribution < 1.29 is 4.79 Å². The van der Waals surface area contributed by atoms with E-state index >= 15 is 0 Å². The third kappa shape index (κ3) is 4.05. The molecule has 5 nitrogen and oxygen atoms in total. The Morgan fingerprint density at radius 1 is 1.36 bits per heavy atom. The number of nitrogens with zero attached hydrogens (tertiary/aromatic N) is 2. The molecule has 2 N–H and O–H groups in total. The number of hydrogen-bond donors (Lipinski definition) is 2. The lowest BCUT2D eigenvalue weighted by Gasteiger charge is -2.18. The number of aryl methyl sites for hydroxylation is 1. The van der Waals surface area contributed by atoms with Gasteiger partial charge >= 0.3 is 0 Å². The molecule has 2 aromatic heterocycles. The van der Waals surface area contributed by atoms with E-state index in [1.165, 1.54) is 5.56 Å². The largest absolute Gasteiger partial charge is 0.348 e. The molecule has 0 radical (unpaired) electrons. The highest BCUT2D eigenvalue weighted by molar-refractivity contribution is 7.71. The fourth-order valence-electron chi connectivity index (χ4n) is 2.66. The van der Waals surface area contributed by atoms with Crippen molar-refractivity contribution in [1.29, 1.82) is 0 Å². The van der Waals surface area contributed by atoms with Gasteiger partial charge in [0.05, 0.1) is 10.9 Å². The summed E-state index contributed by atoms with van der Waals surface area (Å²) in [5.74, 6) is 0.612. The van der Waals surface area contributed by atoms with Gasteiger partial charge < -0.3 is 5.32 Å². The van der Waals surface area contributed by atoms with Gasteiger partial charge in [-0.15, -0.1) is 11.3 Å². The second-order valence-corrected chi connectivity index (χ2v) is 7.19. The van der Waals surface area contributed by atoms with Gasteiger partial charge in [0.25, 0.3) is 0 Å². The van der Waals surface area contributed by atoms with Crippen LogP contribution in [-0.2, 0) is 11.3 Å². The zero-order valence-corrected chi connectivity index (χ0v) is 15.8. The minimum atomic E-state index is -0.0808. The number of thiophene rings is 1. The summed E-state index contributed by atoms with van der Waals surface area (Å²) in [6, 6.07) is 12.1. The minimum absolute atomic E-state index is 0.0145. The van der Waals surface area contributed by atoms with E-state index in [1.807, 2.05) is 17.5 Å². The maximum atomic E-state index is 12.6. The number of rotatable bonds is 6. The van der Waals surface area contributed by atoms with E-state index in [2.05, 4.69) is 53.6 Å². The van der Waals surface area contributed by atoms with Crippen LogP contribution in [0.1, 0.15) is 30.5 Å². The van der Waals surface area contributed by atoms with Crippen LogP contribution in [0.2, 0.25) is 0 Å². The standard InChI is InChI=1S/C18H20N4OS2/c1-3-14(13-8-6-12(2)7-9-13)19-16(23)11-22-17(20-21-18(22)24)15-5-4-10-25-15/h4-10,14H,3,11H2,1-2H3,(H,19,23)(H,21,24). The average molecular weight is 373 g/mol. The van der Waals surface area contributed by atoms with Gasteiger partial charge in [0.1, 0.15) is 6.54 Å². The number of aromatic amines is 1. The van der Waals surface area contributed by atoms with Crippen LogP contribution < -0.4 is 5.32 Å². The smallest absolute Gasteiger partial charge is 0.240 e. The highest BCUT2D eigenvalue weighted by Crippen LogP contribution is 2.23. The molecule has 2 heterocycles. The van der Waals surface area contributed by atoms with Gasteiger partial charge in [0.15, 0.2) is 10.6 Å². The number of carbonyl (C=O) groups excluding carboxylic acids is 1. The molecule has 1 aromatic carbocycles. The molecule has 0 spiro atoms. The minimum Gasteiger partial charge on any atom is -0.348 e. The first-order valence-electron chi connectivity index (χ1n) is 8.13. The van der Waals surface area contributed by atoms with Gasteiger partial charge in [-0.2, -0.15) is 5.10 Å². The summed E-state index contributed by atoms with van der Waals surface area (Å²) in [5.41, 5.74) is 2.31. The first kappa shape index (κ1) is 17.6. The molecule has 1 atom stereocenters. The van der Waals surface area contributed by atoms with Crippen LogP contribution in [0, 0.1) is 11.7 Å². The van der Waals surface area contributed by atoms with Crippen LogP contribution in [0.4, 0.5) is 0 Å². The topological polar surface area (TPSA) is 62.7 Å². The van der Waals surface area contributed by atoms with Gasteiger partial charge in [-0.1, -0.05) is 42.8 Å². The molecule has 0 saturated carbocycles. The second-order valence-electron chi connectivity index (χ2n) is 5.85. The van der Waals surface area contributed by atoms with E-state index < -0.39 is 0 Å². The molecular weight excluding hydrogens is 352 g/mol. The summed E-state index contributed by atoms with van der Waals surface area (Å²) in [4.78, 5) is 13.6. The lowest BCUT2D eigenvalue weighted by molar-refractivity contribution is -0.122. The molecule has 0 bridgehead atoms. The van der Waals surface area contributed by atoms with Crippen LogP contribution in [0.25, 0.3) is 10.7 Å². The molecule has 0 fully saturated rings. The molecule has 0 aliphatic rings. The molecular formula is C18H20N4OS2. The van der Waals surface area contributed by atoms with Crippen molar-refractivity contribution in [2.75, 3.05) is 0 Å². The Kier molecular flexibility index (Phi) is 5.45. The van der Waals surface area contributed by atoms with Crippen molar-refractivity contribution >= 4 is 29.5 Å². The Hall–Kier alpha value is -2.25. The van der Waals surface area contributed by atoms with Gasteiger partial charge in [0, 0.05) is 0 Å². The average Bonchev–Trinajstić information content (AvgIpc) is 3.24. The predicted octanol–water partition coefficient (Wildman–Crippen LogP) is 4.25. The van der Waals surface area contributed by atoms with Crippen LogP contribution in [0.5, 0.6) is 0 Å². The summed E-state index contributed by atoms with van der Waals surface area (Å²) in [7, 11) is 0. The molecule has 0 aliphatic carbocycles. The highest BCUT2D eigenvalue weighted by Gasteiger charge is 2.16.